The van der Waals surface area contributed by atoms with E-state index in [9.17, 15) is 4.79 Å². The van der Waals surface area contributed by atoms with Gasteiger partial charge in [0.2, 0.25) is 0 Å². The van der Waals surface area contributed by atoms with E-state index < -0.39 is 0 Å². The molecule has 5 aromatic carbocycles. The first kappa shape index (κ1) is 27.1. The number of aromatic nitrogens is 8. The number of carbonyl (C=O) groups is 1. The normalized spacial score (nSPS) is 11.8. The van der Waals surface area contributed by atoms with Crippen molar-refractivity contribution in [2.24, 2.45) is 0 Å². The summed E-state index contributed by atoms with van der Waals surface area (Å²) < 4.78 is 0. The number of H-pyrrole nitrogens is 2. The third-order valence-corrected chi connectivity index (χ3v) is 8.86. The van der Waals surface area contributed by atoms with Crippen molar-refractivity contribution in [3.63, 3.8) is 0 Å². The number of anilines is 1. The predicted octanol–water partition coefficient (Wildman–Crippen LogP) is 8.12. The number of benzene rings is 5. The summed E-state index contributed by atoms with van der Waals surface area (Å²) in [6.07, 6.45) is 0. The Balaban J connectivity index is 1.34. The molecule has 230 valence electrons. The van der Waals surface area contributed by atoms with Crippen molar-refractivity contribution >= 4 is 55.7 Å². The number of fused-ring (bicyclic) bond motifs is 20. The van der Waals surface area contributed by atoms with Crippen molar-refractivity contribution < 1.29 is 4.79 Å². The molecule has 0 spiro atoms. The SMILES string of the molecule is O=C(Nc1cccc2c3nc4nc(nc5[nH]c(nc6nc(nc([nH]3)c12)-c1ccccc1-6)c1ccccc51)-c1ccccc1-4)c1ccccc1. The Kier molecular flexibility index (Phi) is 5.79. The molecule has 8 bridgehead atoms. The van der Waals surface area contributed by atoms with Crippen LogP contribution in [0, 0.1) is 0 Å². The minimum Gasteiger partial charge on any atom is -0.324 e. The average molecular weight is 634 g/mol. The van der Waals surface area contributed by atoms with Gasteiger partial charge < -0.3 is 15.3 Å². The Bertz CT molecular complexity index is 2830. The molecule has 0 saturated carbocycles. The van der Waals surface area contributed by atoms with Crippen LogP contribution >= 0.6 is 0 Å². The maximum Gasteiger partial charge on any atom is 0.255 e. The maximum atomic E-state index is 13.4. The van der Waals surface area contributed by atoms with Gasteiger partial charge in [0.05, 0.1) is 11.1 Å². The summed E-state index contributed by atoms with van der Waals surface area (Å²) in [6, 6.07) is 38.6. The topological polar surface area (TPSA) is 138 Å². The van der Waals surface area contributed by atoms with Crippen LogP contribution in [0.25, 0.3) is 89.7 Å². The lowest BCUT2D eigenvalue weighted by Crippen LogP contribution is -2.11. The van der Waals surface area contributed by atoms with Crippen molar-refractivity contribution in [3.05, 3.63) is 127 Å². The highest BCUT2D eigenvalue weighted by atomic mass is 16.1. The summed E-state index contributed by atoms with van der Waals surface area (Å²) in [5.41, 5.74) is 6.86. The van der Waals surface area contributed by atoms with Gasteiger partial charge in [0.1, 0.15) is 22.6 Å². The van der Waals surface area contributed by atoms with Crippen molar-refractivity contribution in [2.75, 3.05) is 5.32 Å². The molecule has 1 amide bonds. The summed E-state index contributed by atoms with van der Waals surface area (Å²) in [5.74, 6) is 1.82. The van der Waals surface area contributed by atoms with Crippen molar-refractivity contribution in [3.8, 4) is 45.6 Å². The molecule has 0 radical (unpaired) electrons. The molecular formula is C39H23N9O. The molecular weight excluding hydrogens is 610 g/mol. The predicted molar refractivity (Wildman–Crippen MR) is 190 cm³/mol. The minimum absolute atomic E-state index is 0.234. The molecule has 0 atom stereocenters. The van der Waals surface area contributed by atoms with Gasteiger partial charge in [0.15, 0.2) is 23.3 Å². The fourth-order valence-electron chi connectivity index (χ4n) is 6.58. The van der Waals surface area contributed by atoms with Crippen molar-refractivity contribution in [1.82, 2.24) is 39.9 Å². The standard InChI is InChI=1S/C39H23N9O/c49-39(21-11-2-1-3-12-21)40-29-20-10-19-28-30(29)38-47-36-27-18-9-8-17-26(27)34(45-36)43-32-23-14-5-4-13-22(23)31(41-32)42-33-24-15-6-7-16-25(24)35(44-33)46-37(28)48-38/h1-20H,(H,40,49)(H2,41,42,43,44,45,46,47,48). The van der Waals surface area contributed by atoms with E-state index in [2.05, 4.69) is 15.3 Å². The third kappa shape index (κ3) is 4.31. The Morgan fingerprint density at radius 1 is 0.429 bits per heavy atom. The average Bonchev–Trinajstić information content (AvgIpc) is 3.88. The lowest BCUT2D eigenvalue weighted by Gasteiger charge is -2.07. The number of hydrogen-bond donors (Lipinski definition) is 3. The van der Waals surface area contributed by atoms with Gasteiger partial charge in [-0.1, -0.05) is 103 Å². The first-order valence-electron chi connectivity index (χ1n) is 15.8. The number of amides is 1. The molecule has 3 N–H and O–H groups in total. The second kappa shape index (κ2) is 10.5. The van der Waals surface area contributed by atoms with Crippen LogP contribution in [-0.2, 0) is 0 Å². The van der Waals surface area contributed by atoms with E-state index in [1.807, 2.05) is 109 Å². The largest absolute Gasteiger partial charge is 0.324 e. The van der Waals surface area contributed by atoms with Crippen LogP contribution in [0.1, 0.15) is 10.4 Å². The molecule has 10 rings (SSSR count). The lowest BCUT2D eigenvalue weighted by molar-refractivity contribution is 0.102. The Morgan fingerprint density at radius 2 is 0.857 bits per heavy atom. The van der Waals surface area contributed by atoms with E-state index in [0.29, 0.717) is 62.5 Å². The van der Waals surface area contributed by atoms with E-state index in [1.54, 1.807) is 12.1 Å². The van der Waals surface area contributed by atoms with E-state index >= 15 is 0 Å². The van der Waals surface area contributed by atoms with Gasteiger partial charge in [-0.25, -0.2) is 29.9 Å². The lowest BCUT2D eigenvalue weighted by atomic mass is 10.1. The fraction of sp³-hybridized carbons (Fsp3) is 0. The zero-order valence-corrected chi connectivity index (χ0v) is 25.6. The fourth-order valence-corrected chi connectivity index (χ4v) is 6.58. The molecule has 0 aliphatic carbocycles. The first-order valence-corrected chi connectivity index (χ1v) is 15.8. The number of aromatic amines is 2. The van der Waals surface area contributed by atoms with Crippen LogP contribution in [0.4, 0.5) is 5.69 Å². The van der Waals surface area contributed by atoms with Gasteiger partial charge in [0.25, 0.3) is 5.91 Å². The van der Waals surface area contributed by atoms with Crippen molar-refractivity contribution in [1.29, 1.82) is 0 Å². The smallest absolute Gasteiger partial charge is 0.255 e. The van der Waals surface area contributed by atoms with Gasteiger partial charge in [-0.05, 0) is 18.2 Å². The van der Waals surface area contributed by atoms with E-state index in [0.717, 1.165) is 38.4 Å². The number of carbonyl (C=O) groups excluding carboxylic acids is 1. The maximum absolute atomic E-state index is 13.4. The van der Waals surface area contributed by atoms with Gasteiger partial charge in [0, 0.05) is 44.0 Å². The highest BCUT2D eigenvalue weighted by Gasteiger charge is 2.22. The number of rotatable bonds is 2. The number of hydrogen-bond acceptors (Lipinski definition) is 7. The van der Waals surface area contributed by atoms with Crippen LogP contribution in [0.5, 0.6) is 0 Å². The van der Waals surface area contributed by atoms with Gasteiger partial charge in [-0.2, -0.15) is 0 Å². The monoisotopic (exact) mass is 633 g/mol. The highest BCUT2D eigenvalue weighted by Crippen LogP contribution is 2.37. The molecule has 5 heterocycles. The second-order valence-electron chi connectivity index (χ2n) is 11.8. The number of nitrogens with one attached hydrogen (secondary N) is 3. The molecule has 8 aromatic rings. The quantitative estimate of drug-likeness (QED) is 0.175. The second-order valence-corrected chi connectivity index (χ2v) is 11.8. The Morgan fingerprint density at radius 3 is 1.41 bits per heavy atom. The minimum atomic E-state index is -0.234. The van der Waals surface area contributed by atoms with Gasteiger partial charge in [-0.3, -0.25) is 4.79 Å². The van der Waals surface area contributed by atoms with Gasteiger partial charge in [-0.15, -0.1) is 0 Å². The molecule has 49 heavy (non-hydrogen) atoms. The Hall–Kier alpha value is -7.07. The molecule has 10 heteroatoms. The van der Waals surface area contributed by atoms with E-state index in [4.69, 9.17) is 29.9 Å². The van der Waals surface area contributed by atoms with Crippen LogP contribution in [0.15, 0.2) is 121 Å². The van der Waals surface area contributed by atoms with E-state index in [1.165, 1.54) is 0 Å². The molecule has 0 fully saturated rings. The summed E-state index contributed by atoms with van der Waals surface area (Å²) >= 11 is 0. The zero-order chi connectivity index (χ0) is 32.5. The third-order valence-electron chi connectivity index (χ3n) is 8.86. The van der Waals surface area contributed by atoms with Crippen LogP contribution in [0.3, 0.4) is 0 Å². The molecule has 10 nitrogen and oxygen atoms in total. The van der Waals surface area contributed by atoms with Gasteiger partial charge >= 0.3 is 0 Å². The summed E-state index contributed by atoms with van der Waals surface area (Å²) in [6.45, 7) is 0. The highest BCUT2D eigenvalue weighted by molar-refractivity contribution is 6.16. The summed E-state index contributed by atoms with van der Waals surface area (Å²) in [4.78, 5) is 50.5. The zero-order valence-electron chi connectivity index (χ0n) is 25.6. The molecule has 0 unspecified atom stereocenters. The van der Waals surface area contributed by atoms with Crippen LogP contribution < -0.4 is 5.32 Å². The van der Waals surface area contributed by atoms with Crippen LogP contribution in [-0.4, -0.2) is 45.8 Å². The molecule has 0 saturated heterocycles. The van der Waals surface area contributed by atoms with E-state index in [-0.39, 0.29) is 5.91 Å². The van der Waals surface area contributed by atoms with Crippen molar-refractivity contribution in [2.45, 2.75) is 0 Å². The molecule has 3 aromatic heterocycles. The van der Waals surface area contributed by atoms with Crippen LogP contribution in [0.2, 0.25) is 0 Å². The Labute approximate surface area is 277 Å². The number of nitrogens with zero attached hydrogens (tertiary/aromatic N) is 6. The molecule has 2 aliphatic rings. The molecule has 2 aliphatic heterocycles. The summed E-state index contributed by atoms with van der Waals surface area (Å²) in [7, 11) is 0. The first-order chi connectivity index (χ1) is 24.2. The summed E-state index contributed by atoms with van der Waals surface area (Å²) in [5, 5.41) is 6.39.